The largest absolute Gasteiger partial charge is 0.446 e. The Morgan fingerprint density at radius 2 is 1.88 bits per heavy atom. The van der Waals surface area contributed by atoms with Gasteiger partial charge in [0.1, 0.15) is 6.10 Å². The molecular weight excluding hydrogens is 202 g/mol. The van der Waals surface area contributed by atoms with Gasteiger partial charge in [-0.3, -0.25) is 5.32 Å². The van der Waals surface area contributed by atoms with Crippen LogP contribution in [0.15, 0.2) is 12.8 Å². The molecule has 1 N–H and O–H groups in total. The topological polar surface area (TPSA) is 38.3 Å². The molecule has 0 aromatic heterocycles. The summed E-state index contributed by atoms with van der Waals surface area (Å²) in [5.74, 6) is 0.745. The molecule has 0 radical (unpaired) electrons. The quantitative estimate of drug-likeness (QED) is 0.781. The summed E-state index contributed by atoms with van der Waals surface area (Å²) in [6.07, 6.45) is 5.31. The normalized spacial score (nSPS) is 25.9. The van der Waals surface area contributed by atoms with Gasteiger partial charge < -0.3 is 4.74 Å². The highest BCUT2D eigenvalue weighted by atomic mass is 16.6. The number of hydrogen-bond acceptors (Lipinski definition) is 2. The molecular formula is C13H23NO2. The predicted molar refractivity (Wildman–Crippen MR) is 65.0 cm³/mol. The molecule has 1 fully saturated rings. The second-order valence-corrected chi connectivity index (χ2v) is 5.59. The molecule has 0 atom stereocenters. The Morgan fingerprint density at radius 1 is 1.31 bits per heavy atom. The molecule has 92 valence electrons. The first-order chi connectivity index (χ1) is 7.43. The van der Waals surface area contributed by atoms with E-state index in [9.17, 15) is 4.79 Å². The lowest BCUT2D eigenvalue weighted by Gasteiger charge is -2.36. The average molecular weight is 225 g/mol. The third-order valence-electron chi connectivity index (χ3n) is 3.39. The number of hydrogen-bond donors (Lipinski definition) is 1. The van der Waals surface area contributed by atoms with Crippen molar-refractivity contribution in [3.05, 3.63) is 12.8 Å². The number of nitrogens with one attached hydrogen (secondary N) is 1. The van der Waals surface area contributed by atoms with Crippen molar-refractivity contribution in [1.29, 1.82) is 0 Å². The van der Waals surface area contributed by atoms with E-state index < -0.39 is 0 Å². The van der Waals surface area contributed by atoms with Crippen LogP contribution in [0.3, 0.4) is 0 Å². The molecule has 0 aliphatic heterocycles. The maximum atomic E-state index is 11.2. The first-order valence-electron chi connectivity index (χ1n) is 6.01. The van der Waals surface area contributed by atoms with Gasteiger partial charge in [0, 0.05) is 0 Å². The van der Waals surface area contributed by atoms with E-state index in [0.717, 1.165) is 31.6 Å². The smallest absolute Gasteiger partial charge is 0.411 e. The number of carbonyl (C=O) groups is 1. The highest BCUT2D eigenvalue weighted by Crippen LogP contribution is 2.38. The minimum atomic E-state index is -0.380. The van der Waals surface area contributed by atoms with Crippen molar-refractivity contribution in [3.63, 3.8) is 0 Å². The van der Waals surface area contributed by atoms with Gasteiger partial charge in [-0.25, -0.2) is 4.79 Å². The molecule has 0 aromatic carbocycles. The van der Waals surface area contributed by atoms with E-state index >= 15 is 0 Å². The molecule has 3 heteroatoms. The van der Waals surface area contributed by atoms with Gasteiger partial charge in [-0.2, -0.15) is 0 Å². The van der Waals surface area contributed by atoms with Gasteiger partial charge in [-0.05, 0) is 43.2 Å². The van der Waals surface area contributed by atoms with Crippen molar-refractivity contribution in [2.45, 2.75) is 52.6 Å². The standard InChI is InChI=1S/C13H23NO2/c1-5-14-12(15)16-11-8-6-10(7-9-11)13(2,3)4/h5,10-11H,1,6-9H2,2-4H3,(H,14,15). The van der Waals surface area contributed by atoms with E-state index in [2.05, 4.69) is 32.7 Å². The zero-order chi connectivity index (χ0) is 12.2. The zero-order valence-corrected chi connectivity index (χ0v) is 10.6. The van der Waals surface area contributed by atoms with Gasteiger partial charge in [0.2, 0.25) is 0 Å². The third kappa shape index (κ3) is 3.87. The SMILES string of the molecule is C=CNC(=O)OC1CCC(C(C)(C)C)CC1. The molecule has 1 aliphatic rings. The molecule has 16 heavy (non-hydrogen) atoms. The molecule has 3 nitrogen and oxygen atoms in total. The van der Waals surface area contributed by atoms with Gasteiger partial charge in [-0.1, -0.05) is 27.4 Å². The van der Waals surface area contributed by atoms with Gasteiger partial charge in [0.25, 0.3) is 0 Å². The van der Waals surface area contributed by atoms with Crippen LogP contribution in [-0.4, -0.2) is 12.2 Å². The van der Waals surface area contributed by atoms with E-state index in [4.69, 9.17) is 4.74 Å². The Balaban J connectivity index is 2.32. The second-order valence-electron chi connectivity index (χ2n) is 5.59. The van der Waals surface area contributed by atoms with Gasteiger partial charge in [0.05, 0.1) is 0 Å². The fourth-order valence-corrected chi connectivity index (χ4v) is 2.32. The summed E-state index contributed by atoms with van der Waals surface area (Å²) in [5, 5.41) is 2.44. The van der Waals surface area contributed by atoms with E-state index in [1.54, 1.807) is 0 Å². The monoisotopic (exact) mass is 225 g/mol. The number of carbonyl (C=O) groups excluding carboxylic acids is 1. The first kappa shape index (κ1) is 13.1. The number of amides is 1. The molecule has 0 heterocycles. The molecule has 1 aliphatic carbocycles. The van der Waals surface area contributed by atoms with E-state index in [0.29, 0.717) is 5.41 Å². The van der Waals surface area contributed by atoms with Crippen molar-refractivity contribution >= 4 is 6.09 Å². The van der Waals surface area contributed by atoms with E-state index in [1.807, 2.05) is 0 Å². The summed E-state index contributed by atoms with van der Waals surface area (Å²) >= 11 is 0. The average Bonchev–Trinajstić information content (AvgIpc) is 2.17. The highest BCUT2D eigenvalue weighted by molar-refractivity contribution is 5.68. The fourth-order valence-electron chi connectivity index (χ4n) is 2.32. The summed E-state index contributed by atoms with van der Waals surface area (Å²) in [7, 11) is 0. The summed E-state index contributed by atoms with van der Waals surface area (Å²) in [4.78, 5) is 11.2. The van der Waals surface area contributed by atoms with E-state index in [-0.39, 0.29) is 12.2 Å². The summed E-state index contributed by atoms with van der Waals surface area (Å²) in [6.45, 7) is 10.3. The summed E-state index contributed by atoms with van der Waals surface area (Å²) < 4.78 is 5.27. The molecule has 0 bridgehead atoms. The predicted octanol–water partition coefficient (Wildman–Crippen LogP) is 3.46. The lowest BCUT2D eigenvalue weighted by atomic mass is 9.72. The molecule has 0 unspecified atom stereocenters. The Bertz CT molecular complexity index is 247. The molecule has 0 saturated heterocycles. The Kier molecular flexibility index (Phi) is 4.39. The summed E-state index contributed by atoms with van der Waals surface area (Å²) in [5.41, 5.74) is 0.369. The van der Waals surface area contributed by atoms with Crippen molar-refractivity contribution in [1.82, 2.24) is 5.32 Å². The highest BCUT2D eigenvalue weighted by Gasteiger charge is 2.30. The van der Waals surface area contributed by atoms with Crippen LogP contribution in [0.2, 0.25) is 0 Å². The molecule has 0 aromatic rings. The Morgan fingerprint density at radius 3 is 2.31 bits per heavy atom. The van der Waals surface area contributed by atoms with Gasteiger partial charge >= 0.3 is 6.09 Å². The van der Waals surface area contributed by atoms with Crippen LogP contribution >= 0.6 is 0 Å². The van der Waals surface area contributed by atoms with Crippen LogP contribution in [0.1, 0.15) is 46.5 Å². The fraction of sp³-hybridized carbons (Fsp3) is 0.769. The van der Waals surface area contributed by atoms with Crippen LogP contribution in [0.4, 0.5) is 4.79 Å². The van der Waals surface area contributed by atoms with Crippen molar-refractivity contribution in [2.24, 2.45) is 11.3 Å². The van der Waals surface area contributed by atoms with Crippen LogP contribution in [0.25, 0.3) is 0 Å². The minimum absolute atomic E-state index is 0.0820. The Hall–Kier alpha value is -0.990. The maximum Gasteiger partial charge on any atom is 0.411 e. The summed E-state index contributed by atoms with van der Waals surface area (Å²) in [6, 6.07) is 0. The van der Waals surface area contributed by atoms with Crippen LogP contribution in [-0.2, 0) is 4.74 Å². The van der Waals surface area contributed by atoms with Crippen molar-refractivity contribution in [3.8, 4) is 0 Å². The van der Waals surface area contributed by atoms with Crippen molar-refractivity contribution < 1.29 is 9.53 Å². The molecule has 1 saturated carbocycles. The first-order valence-corrected chi connectivity index (χ1v) is 6.01. The minimum Gasteiger partial charge on any atom is -0.446 e. The third-order valence-corrected chi connectivity index (χ3v) is 3.39. The maximum absolute atomic E-state index is 11.2. The second kappa shape index (κ2) is 5.37. The van der Waals surface area contributed by atoms with E-state index in [1.165, 1.54) is 6.20 Å². The zero-order valence-electron chi connectivity index (χ0n) is 10.6. The van der Waals surface area contributed by atoms with Crippen LogP contribution in [0.5, 0.6) is 0 Å². The molecule has 0 spiro atoms. The van der Waals surface area contributed by atoms with Gasteiger partial charge in [0.15, 0.2) is 0 Å². The van der Waals surface area contributed by atoms with Gasteiger partial charge in [-0.15, -0.1) is 0 Å². The lowest BCUT2D eigenvalue weighted by molar-refractivity contribution is 0.0472. The molecule has 1 amide bonds. The van der Waals surface area contributed by atoms with Crippen LogP contribution in [0, 0.1) is 11.3 Å². The molecule has 1 rings (SSSR count). The number of rotatable bonds is 2. The lowest BCUT2D eigenvalue weighted by Crippen LogP contribution is -2.32. The van der Waals surface area contributed by atoms with Crippen LogP contribution < -0.4 is 5.32 Å². The number of ether oxygens (including phenoxy) is 1. The van der Waals surface area contributed by atoms with Crippen molar-refractivity contribution in [2.75, 3.05) is 0 Å². The Labute approximate surface area is 98.2 Å². The number of alkyl carbamates (subject to hydrolysis) is 1.